The topological polar surface area (TPSA) is 89.2 Å². The maximum atomic E-state index is 12.7. The lowest BCUT2D eigenvalue weighted by atomic mass is 10.0. The standard InChI is InChI=1S/C18H18N4O3S/c1-2-13-6-8-15(9-7-13)26(23,24)22-11-14(12-22)18-20-17(21-25-18)16-5-3-4-10-19-16/h3-10,14H,2,11-12H2,1H3. The molecule has 0 bridgehead atoms. The second-order valence-corrected chi connectivity index (χ2v) is 8.13. The largest absolute Gasteiger partial charge is 0.339 e. The molecule has 0 N–H and O–H groups in total. The van der Waals surface area contributed by atoms with Crippen LogP contribution in [-0.2, 0) is 16.4 Å². The Balaban J connectivity index is 1.46. The van der Waals surface area contributed by atoms with Crippen LogP contribution in [0.2, 0.25) is 0 Å². The number of benzene rings is 1. The molecular formula is C18H18N4O3S. The van der Waals surface area contributed by atoms with E-state index in [0.717, 1.165) is 12.0 Å². The van der Waals surface area contributed by atoms with Gasteiger partial charge in [0, 0.05) is 19.3 Å². The zero-order valence-electron chi connectivity index (χ0n) is 14.2. The molecule has 0 unspecified atom stereocenters. The van der Waals surface area contributed by atoms with Gasteiger partial charge in [-0.3, -0.25) is 4.98 Å². The molecular weight excluding hydrogens is 352 g/mol. The van der Waals surface area contributed by atoms with Gasteiger partial charge in [-0.15, -0.1) is 0 Å². The van der Waals surface area contributed by atoms with Crippen LogP contribution >= 0.6 is 0 Å². The fraction of sp³-hybridized carbons (Fsp3) is 0.278. The van der Waals surface area contributed by atoms with Crippen molar-refractivity contribution in [3.8, 4) is 11.5 Å². The summed E-state index contributed by atoms with van der Waals surface area (Å²) in [6.07, 6.45) is 2.54. The predicted octanol–water partition coefficient (Wildman–Crippen LogP) is 2.48. The van der Waals surface area contributed by atoms with E-state index in [2.05, 4.69) is 15.1 Å². The van der Waals surface area contributed by atoms with Gasteiger partial charge in [0.2, 0.25) is 21.7 Å². The molecule has 4 rings (SSSR count). The Kier molecular flexibility index (Phi) is 4.29. The smallest absolute Gasteiger partial charge is 0.243 e. The highest BCUT2D eigenvalue weighted by Crippen LogP contribution is 2.32. The number of sulfonamides is 1. The van der Waals surface area contributed by atoms with Crippen LogP contribution in [-0.4, -0.2) is 40.9 Å². The lowest BCUT2D eigenvalue weighted by Crippen LogP contribution is -2.48. The highest BCUT2D eigenvalue weighted by atomic mass is 32.2. The Hall–Kier alpha value is -2.58. The summed E-state index contributed by atoms with van der Waals surface area (Å²) in [5.74, 6) is 0.764. The normalized spacial score (nSPS) is 15.7. The van der Waals surface area contributed by atoms with Crippen molar-refractivity contribution in [1.29, 1.82) is 0 Å². The Bertz CT molecular complexity index is 994. The van der Waals surface area contributed by atoms with Crippen molar-refractivity contribution >= 4 is 10.0 Å². The van der Waals surface area contributed by atoms with Gasteiger partial charge in [0.15, 0.2) is 0 Å². The zero-order valence-corrected chi connectivity index (χ0v) is 15.1. The lowest BCUT2D eigenvalue weighted by molar-refractivity contribution is 0.217. The minimum Gasteiger partial charge on any atom is -0.339 e. The van der Waals surface area contributed by atoms with Gasteiger partial charge in [-0.25, -0.2) is 8.42 Å². The van der Waals surface area contributed by atoms with E-state index < -0.39 is 10.0 Å². The Morgan fingerprint density at radius 2 is 1.92 bits per heavy atom. The second-order valence-electron chi connectivity index (χ2n) is 6.19. The average Bonchev–Trinajstić information content (AvgIpc) is 3.10. The summed E-state index contributed by atoms with van der Waals surface area (Å²) in [6, 6.07) is 12.5. The van der Waals surface area contributed by atoms with Gasteiger partial charge in [-0.2, -0.15) is 9.29 Å². The highest BCUT2D eigenvalue weighted by molar-refractivity contribution is 7.89. The third-order valence-corrected chi connectivity index (χ3v) is 6.35. The number of nitrogens with zero attached hydrogens (tertiary/aromatic N) is 4. The van der Waals surface area contributed by atoms with Crippen LogP contribution < -0.4 is 0 Å². The molecule has 134 valence electrons. The lowest BCUT2D eigenvalue weighted by Gasteiger charge is -2.35. The van der Waals surface area contributed by atoms with Crippen LogP contribution in [0, 0.1) is 0 Å². The van der Waals surface area contributed by atoms with Crippen LogP contribution in [0.25, 0.3) is 11.5 Å². The molecule has 3 aromatic rings. The van der Waals surface area contributed by atoms with Crippen molar-refractivity contribution in [2.24, 2.45) is 0 Å². The summed E-state index contributed by atoms with van der Waals surface area (Å²) < 4.78 is 32.1. The number of rotatable bonds is 5. The van der Waals surface area contributed by atoms with Crippen molar-refractivity contribution in [3.63, 3.8) is 0 Å². The summed E-state index contributed by atoms with van der Waals surface area (Å²) in [5.41, 5.74) is 1.74. The van der Waals surface area contributed by atoms with E-state index in [-0.39, 0.29) is 5.92 Å². The van der Waals surface area contributed by atoms with Crippen molar-refractivity contribution < 1.29 is 12.9 Å². The summed E-state index contributed by atoms with van der Waals surface area (Å²) in [6.45, 7) is 2.70. The van der Waals surface area contributed by atoms with Gasteiger partial charge in [-0.05, 0) is 36.2 Å². The Morgan fingerprint density at radius 3 is 2.58 bits per heavy atom. The van der Waals surface area contributed by atoms with Gasteiger partial charge in [0.05, 0.1) is 10.8 Å². The van der Waals surface area contributed by atoms with E-state index in [4.69, 9.17) is 4.52 Å². The average molecular weight is 370 g/mol. The minimum atomic E-state index is -3.48. The van der Waals surface area contributed by atoms with Crippen LogP contribution in [0.4, 0.5) is 0 Å². The molecule has 0 radical (unpaired) electrons. The van der Waals surface area contributed by atoms with Crippen molar-refractivity contribution in [2.75, 3.05) is 13.1 Å². The number of aromatic nitrogens is 3. The minimum absolute atomic E-state index is 0.0929. The highest BCUT2D eigenvalue weighted by Gasteiger charge is 2.40. The number of pyridine rings is 1. The Morgan fingerprint density at radius 1 is 1.15 bits per heavy atom. The molecule has 1 fully saturated rings. The van der Waals surface area contributed by atoms with Gasteiger partial charge in [0.1, 0.15) is 5.69 Å². The maximum Gasteiger partial charge on any atom is 0.243 e. The first-order valence-electron chi connectivity index (χ1n) is 8.42. The van der Waals surface area contributed by atoms with Crippen LogP contribution in [0.5, 0.6) is 0 Å². The first-order valence-corrected chi connectivity index (χ1v) is 9.86. The summed E-state index contributed by atoms with van der Waals surface area (Å²) in [4.78, 5) is 8.85. The zero-order chi connectivity index (χ0) is 18.1. The first-order chi connectivity index (χ1) is 12.6. The fourth-order valence-electron chi connectivity index (χ4n) is 2.84. The van der Waals surface area contributed by atoms with Gasteiger partial charge >= 0.3 is 0 Å². The molecule has 0 spiro atoms. The van der Waals surface area contributed by atoms with E-state index in [0.29, 0.717) is 35.4 Å². The van der Waals surface area contributed by atoms with Crippen LogP contribution in [0.1, 0.15) is 24.3 Å². The molecule has 26 heavy (non-hydrogen) atoms. The molecule has 0 aliphatic carbocycles. The van der Waals surface area contributed by atoms with E-state index in [1.54, 1.807) is 24.4 Å². The number of aryl methyl sites for hydroxylation is 1. The summed E-state index contributed by atoms with van der Waals surface area (Å²) in [5, 5.41) is 3.94. The van der Waals surface area contributed by atoms with Gasteiger partial charge in [-0.1, -0.05) is 30.3 Å². The van der Waals surface area contributed by atoms with Crippen LogP contribution in [0.15, 0.2) is 58.1 Å². The molecule has 1 aliphatic rings. The predicted molar refractivity (Wildman–Crippen MR) is 94.8 cm³/mol. The quantitative estimate of drug-likeness (QED) is 0.685. The molecule has 3 heterocycles. The molecule has 8 heteroatoms. The maximum absolute atomic E-state index is 12.7. The molecule has 7 nitrogen and oxygen atoms in total. The summed E-state index contributed by atoms with van der Waals surface area (Å²) >= 11 is 0. The van der Waals surface area contributed by atoms with Crippen molar-refractivity contribution in [2.45, 2.75) is 24.2 Å². The molecule has 1 aromatic carbocycles. The number of hydrogen-bond donors (Lipinski definition) is 0. The van der Waals surface area contributed by atoms with E-state index >= 15 is 0 Å². The van der Waals surface area contributed by atoms with E-state index in [1.807, 2.05) is 31.2 Å². The molecule has 0 amide bonds. The molecule has 0 saturated carbocycles. The molecule has 1 aliphatic heterocycles. The van der Waals surface area contributed by atoms with E-state index in [1.165, 1.54) is 4.31 Å². The van der Waals surface area contributed by atoms with Gasteiger partial charge < -0.3 is 4.52 Å². The Labute approximate surface area is 151 Å². The first kappa shape index (κ1) is 16.9. The third-order valence-electron chi connectivity index (χ3n) is 4.50. The van der Waals surface area contributed by atoms with Crippen molar-refractivity contribution in [1.82, 2.24) is 19.4 Å². The molecule has 0 atom stereocenters. The fourth-order valence-corrected chi connectivity index (χ4v) is 4.37. The van der Waals surface area contributed by atoms with Crippen molar-refractivity contribution in [3.05, 3.63) is 60.1 Å². The SMILES string of the molecule is CCc1ccc(S(=O)(=O)N2CC(c3nc(-c4ccccn4)no3)C2)cc1. The third kappa shape index (κ3) is 3.02. The monoisotopic (exact) mass is 370 g/mol. The van der Waals surface area contributed by atoms with E-state index in [9.17, 15) is 8.42 Å². The molecule has 1 saturated heterocycles. The number of hydrogen-bond acceptors (Lipinski definition) is 6. The molecule has 2 aromatic heterocycles. The van der Waals surface area contributed by atoms with Gasteiger partial charge in [0.25, 0.3) is 0 Å². The summed E-state index contributed by atoms with van der Waals surface area (Å²) in [7, 11) is -3.48. The van der Waals surface area contributed by atoms with Crippen LogP contribution in [0.3, 0.4) is 0 Å². The second kappa shape index (κ2) is 6.62.